The number of anilines is 2. The number of para-hydroxylation sites is 1. The van der Waals surface area contributed by atoms with Gasteiger partial charge in [0.15, 0.2) is 5.69 Å². The molecular formula is C48H60N14O4S. The van der Waals surface area contributed by atoms with E-state index in [0.29, 0.717) is 60.8 Å². The lowest BCUT2D eigenvalue weighted by Crippen LogP contribution is -2.58. The monoisotopic (exact) mass is 928 g/mol. The maximum absolute atomic E-state index is 14.3. The van der Waals surface area contributed by atoms with Gasteiger partial charge in [0.2, 0.25) is 23.7 Å². The highest BCUT2D eigenvalue weighted by Gasteiger charge is 2.43. The predicted octanol–water partition coefficient (Wildman–Crippen LogP) is 5.90. The van der Waals surface area contributed by atoms with Gasteiger partial charge in [0.1, 0.15) is 29.4 Å². The fourth-order valence-corrected chi connectivity index (χ4v) is 10.1. The van der Waals surface area contributed by atoms with Crippen LogP contribution in [0, 0.1) is 23.7 Å². The number of aromatic nitrogens is 7. The molecule has 7 N–H and O–H groups in total. The highest BCUT2D eigenvalue weighted by atomic mass is 32.1. The Kier molecular flexibility index (Phi) is 14.1. The molecule has 0 bridgehead atoms. The first-order valence-electron chi connectivity index (χ1n) is 23.1. The lowest BCUT2D eigenvalue weighted by Gasteiger charge is -2.37. The fraction of sp³-hybridized carbons (Fsp3) is 0.479. The van der Waals surface area contributed by atoms with Crippen LogP contribution in [0.2, 0.25) is 0 Å². The molecular weight excluding hydrogens is 869 g/mol. The van der Waals surface area contributed by atoms with Gasteiger partial charge in [0.25, 0.3) is 0 Å². The molecule has 5 aromatic rings. The van der Waals surface area contributed by atoms with E-state index >= 15 is 0 Å². The molecule has 3 fully saturated rings. The van der Waals surface area contributed by atoms with Gasteiger partial charge in [-0.15, -0.1) is 21.5 Å². The number of nitrogen functional groups attached to an aromatic ring is 1. The molecule has 2 aliphatic heterocycles. The third kappa shape index (κ3) is 10.7. The van der Waals surface area contributed by atoms with Gasteiger partial charge in [0.05, 0.1) is 51.6 Å². The quantitative estimate of drug-likeness (QED) is 0.0594. The first-order chi connectivity index (χ1) is 32.1. The van der Waals surface area contributed by atoms with Crippen LogP contribution in [0.4, 0.5) is 11.6 Å². The third-order valence-corrected chi connectivity index (χ3v) is 14.2. The number of amidine groups is 1. The molecule has 6 heterocycles. The second-order valence-corrected chi connectivity index (χ2v) is 19.9. The topological polar surface area (TPSA) is 254 Å². The molecule has 18 nitrogen and oxygen atoms in total. The Morgan fingerprint density at radius 1 is 0.866 bits per heavy atom. The standard InChI is InChI=1S/C48H60N14O4S/c1-27(36-24-52-37(25-51-36)41-28(2)55-26-67-41)56-45(65)38-10-8-18-62(38)46(66)42(48(3,4)5)58-44(64)30-14-12-29(13-15-30)31-22-53-47(54-23-31)61-19-16-32(17-20-61)57-35-21-34(59-60-40(35)43(49)50)33-9-6-7-11-39(33)63/h6-7,9,11,21-27,29-30,32,38,42,63H,8,10,12-20H2,1-5H3,(H3,49,50)(H,56,65)(H,57,59)(H,58,64)/t27?,29?,30?,38-,42+/m0/s1. The number of piperidine rings is 1. The second kappa shape index (κ2) is 20.1. The van der Waals surface area contributed by atoms with Gasteiger partial charge >= 0.3 is 0 Å². The minimum absolute atomic E-state index is 0.0858. The van der Waals surface area contributed by atoms with E-state index in [1.807, 2.05) is 53.1 Å². The van der Waals surface area contributed by atoms with Crippen LogP contribution < -0.4 is 26.6 Å². The van der Waals surface area contributed by atoms with Gasteiger partial charge in [-0.2, -0.15) is 0 Å². The molecule has 1 saturated carbocycles. The van der Waals surface area contributed by atoms with Gasteiger partial charge in [-0.3, -0.25) is 29.8 Å². The molecule has 0 radical (unpaired) electrons. The lowest BCUT2D eigenvalue weighted by atomic mass is 9.78. The zero-order valence-corrected chi connectivity index (χ0v) is 39.5. The summed E-state index contributed by atoms with van der Waals surface area (Å²) >= 11 is 1.50. The molecule has 352 valence electrons. The van der Waals surface area contributed by atoms with Gasteiger partial charge in [-0.1, -0.05) is 32.9 Å². The van der Waals surface area contributed by atoms with Gasteiger partial charge in [-0.25, -0.2) is 15.0 Å². The number of carbonyl (C=O) groups is 3. The maximum atomic E-state index is 14.3. The van der Waals surface area contributed by atoms with E-state index in [1.54, 1.807) is 47.1 Å². The third-order valence-electron chi connectivity index (χ3n) is 13.3. The smallest absolute Gasteiger partial charge is 0.246 e. The van der Waals surface area contributed by atoms with E-state index in [9.17, 15) is 19.5 Å². The van der Waals surface area contributed by atoms with Gasteiger partial charge < -0.3 is 36.6 Å². The highest BCUT2D eigenvalue weighted by Crippen LogP contribution is 2.37. The molecule has 8 rings (SSSR count). The number of nitrogens with two attached hydrogens (primary N) is 1. The van der Waals surface area contributed by atoms with Crippen molar-refractivity contribution in [3.8, 4) is 27.6 Å². The summed E-state index contributed by atoms with van der Waals surface area (Å²) in [5, 5.41) is 36.5. The maximum Gasteiger partial charge on any atom is 0.246 e. The summed E-state index contributed by atoms with van der Waals surface area (Å²) in [6.45, 7) is 11.5. The highest BCUT2D eigenvalue weighted by molar-refractivity contribution is 7.13. The number of nitrogens with one attached hydrogen (secondary N) is 4. The molecule has 3 aliphatic rings. The van der Waals surface area contributed by atoms with Crippen molar-refractivity contribution >= 4 is 46.5 Å². The average Bonchev–Trinajstić information content (AvgIpc) is 4.00. The number of likely N-dealkylation sites (tertiary alicyclic amines) is 1. The van der Waals surface area contributed by atoms with E-state index in [4.69, 9.17) is 21.1 Å². The summed E-state index contributed by atoms with van der Waals surface area (Å²) in [6, 6.07) is 6.90. The minimum Gasteiger partial charge on any atom is -0.507 e. The molecule has 4 aromatic heterocycles. The van der Waals surface area contributed by atoms with Crippen molar-refractivity contribution in [3.05, 3.63) is 83.3 Å². The number of amides is 3. The first-order valence-corrected chi connectivity index (χ1v) is 24.0. The lowest BCUT2D eigenvalue weighted by molar-refractivity contribution is -0.144. The largest absolute Gasteiger partial charge is 0.507 e. The van der Waals surface area contributed by atoms with Crippen molar-refractivity contribution in [1.82, 2.24) is 50.7 Å². The first kappa shape index (κ1) is 46.9. The summed E-state index contributed by atoms with van der Waals surface area (Å²) in [5.41, 5.74) is 12.2. The number of phenols is 1. The molecule has 1 unspecified atom stereocenters. The van der Waals surface area contributed by atoms with Crippen molar-refractivity contribution in [1.29, 1.82) is 5.41 Å². The van der Waals surface area contributed by atoms with Crippen LogP contribution >= 0.6 is 11.3 Å². The summed E-state index contributed by atoms with van der Waals surface area (Å²) in [4.78, 5) is 69.6. The zero-order valence-electron chi connectivity index (χ0n) is 38.7. The van der Waals surface area contributed by atoms with Crippen molar-refractivity contribution in [2.45, 2.75) is 116 Å². The molecule has 67 heavy (non-hydrogen) atoms. The van der Waals surface area contributed by atoms with Crippen molar-refractivity contribution < 1.29 is 19.5 Å². The van der Waals surface area contributed by atoms with Crippen molar-refractivity contribution in [2.24, 2.45) is 17.1 Å². The van der Waals surface area contributed by atoms with Crippen LogP contribution in [0.15, 0.2) is 60.6 Å². The number of aryl methyl sites for hydroxylation is 1. The molecule has 1 aliphatic carbocycles. The van der Waals surface area contributed by atoms with Crippen LogP contribution in [0.25, 0.3) is 21.8 Å². The van der Waals surface area contributed by atoms with Crippen molar-refractivity contribution in [2.75, 3.05) is 29.9 Å². The molecule has 2 saturated heterocycles. The molecule has 19 heteroatoms. The predicted molar refractivity (Wildman–Crippen MR) is 256 cm³/mol. The Morgan fingerprint density at radius 2 is 1.60 bits per heavy atom. The van der Waals surface area contributed by atoms with Gasteiger partial charge in [-0.05, 0) is 100 Å². The Balaban J connectivity index is 0.814. The number of hydrogen-bond acceptors (Lipinski definition) is 15. The van der Waals surface area contributed by atoms with Crippen molar-refractivity contribution in [3.63, 3.8) is 0 Å². The van der Waals surface area contributed by atoms with E-state index < -0.39 is 23.5 Å². The number of aromatic hydroxyl groups is 1. The van der Waals surface area contributed by atoms with Gasteiger partial charge in [0, 0.05) is 49.6 Å². The normalized spacial score (nSPS) is 19.9. The second-order valence-electron chi connectivity index (χ2n) is 19.0. The summed E-state index contributed by atoms with van der Waals surface area (Å²) in [6.07, 6.45) is 12.9. The molecule has 0 spiro atoms. The van der Waals surface area contributed by atoms with E-state index in [1.165, 1.54) is 11.3 Å². The number of benzene rings is 1. The Morgan fingerprint density at radius 3 is 2.24 bits per heavy atom. The number of hydrogen-bond donors (Lipinski definition) is 6. The molecule has 3 amide bonds. The van der Waals surface area contributed by atoms with Crippen LogP contribution in [-0.4, -0.2) is 106 Å². The van der Waals surface area contributed by atoms with E-state index in [0.717, 1.165) is 60.6 Å². The molecule has 3 atom stereocenters. The van der Waals surface area contributed by atoms with E-state index in [-0.39, 0.29) is 52.9 Å². The van der Waals surface area contributed by atoms with E-state index in [2.05, 4.69) is 46.0 Å². The summed E-state index contributed by atoms with van der Waals surface area (Å²) in [5.74, 6) is -0.0711. The Labute approximate surface area is 394 Å². The fourth-order valence-electron chi connectivity index (χ4n) is 9.35. The Bertz CT molecular complexity index is 2570. The minimum atomic E-state index is -0.799. The summed E-state index contributed by atoms with van der Waals surface area (Å²) in [7, 11) is 0. The number of phenolic OH excluding ortho intramolecular Hbond substituents is 1. The van der Waals surface area contributed by atoms with Crippen LogP contribution in [-0.2, 0) is 14.4 Å². The number of carbonyl (C=O) groups excluding carboxylic acids is 3. The van der Waals surface area contributed by atoms with Crippen LogP contribution in [0.3, 0.4) is 0 Å². The molecule has 1 aromatic carbocycles. The summed E-state index contributed by atoms with van der Waals surface area (Å²) < 4.78 is 0. The van der Waals surface area contributed by atoms with Crippen LogP contribution in [0.1, 0.15) is 114 Å². The SMILES string of the molecule is Cc1ncsc1-c1cnc(C(C)NC(=O)[C@@H]2CCCN2C(=O)[C@@H](NC(=O)C2CCC(c3cnc(N4CCC(Nc5cc(-c6ccccc6O)nnc5C(=N)N)CC4)nc3)CC2)C(C)(C)C)cn1. The Hall–Kier alpha value is -6.63. The van der Waals surface area contributed by atoms with Crippen LogP contribution in [0.5, 0.6) is 5.75 Å². The number of rotatable bonds is 13. The number of thiazole rings is 1. The number of nitrogens with zero attached hydrogens (tertiary/aromatic N) is 9. The zero-order chi connectivity index (χ0) is 47.4. The average molecular weight is 929 g/mol.